The first-order valence-electron chi connectivity index (χ1n) is 8.96. The van der Waals surface area contributed by atoms with Gasteiger partial charge in [0.2, 0.25) is 15.9 Å². The number of sulfonamides is 1. The number of carbonyl (C=O) groups excluding carboxylic acids is 1. The largest absolute Gasteiger partial charge is 0.496 e. The van der Waals surface area contributed by atoms with Gasteiger partial charge in [0.25, 0.3) is 0 Å². The SMILES string of the molecule is CCN(CC)C(=O)CCc1cc(S(=O)(=O)N2CCOCC2)ccc1OC. The number of carbonyl (C=O) groups is 1. The highest BCUT2D eigenvalue weighted by atomic mass is 32.2. The van der Waals surface area contributed by atoms with Gasteiger partial charge in [0, 0.05) is 32.6 Å². The van der Waals surface area contributed by atoms with E-state index in [1.807, 2.05) is 13.8 Å². The summed E-state index contributed by atoms with van der Waals surface area (Å²) >= 11 is 0. The Kier molecular flexibility index (Phi) is 7.43. The van der Waals surface area contributed by atoms with Crippen LogP contribution in [0.1, 0.15) is 25.8 Å². The minimum atomic E-state index is -3.57. The minimum absolute atomic E-state index is 0.0542. The van der Waals surface area contributed by atoms with E-state index in [4.69, 9.17) is 9.47 Å². The zero-order valence-corrected chi connectivity index (χ0v) is 16.5. The third kappa shape index (κ3) is 4.75. The number of ether oxygens (including phenoxy) is 2. The number of rotatable bonds is 8. The molecule has 0 atom stereocenters. The molecule has 1 heterocycles. The molecular weight excluding hydrogens is 356 g/mol. The molecule has 0 saturated carbocycles. The normalized spacial score (nSPS) is 15.7. The molecule has 1 aromatic rings. The summed E-state index contributed by atoms with van der Waals surface area (Å²) in [6, 6.07) is 4.84. The fraction of sp³-hybridized carbons (Fsp3) is 0.611. The molecular formula is C18H28N2O5S. The molecule has 1 aromatic carbocycles. The Hall–Kier alpha value is -1.64. The van der Waals surface area contributed by atoms with E-state index in [1.54, 1.807) is 30.2 Å². The molecule has 7 nitrogen and oxygen atoms in total. The molecule has 0 radical (unpaired) electrons. The predicted octanol–water partition coefficient (Wildman–Crippen LogP) is 1.52. The summed E-state index contributed by atoms with van der Waals surface area (Å²) in [7, 11) is -2.03. The number of amides is 1. The van der Waals surface area contributed by atoms with Crippen LogP contribution < -0.4 is 4.74 Å². The topological polar surface area (TPSA) is 76.2 Å². The second-order valence-corrected chi connectivity index (χ2v) is 7.99. The maximum Gasteiger partial charge on any atom is 0.243 e. The molecule has 146 valence electrons. The van der Waals surface area contributed by atoms with E-state index in [-0.39, 0.29) is 10.8 Å². The lowest BCUT2D eigenvalue weighted by molar-refractivity contribution is -0.130. The number of hydrogen-bond donors (Lipinski definition) is 0. The highest BCUT2D eigenvalue weighted by molar-refractivity contribution is 7.89. The van der Waals surface area contributed by atoms with Gasteiger partial charge in [-0.25, -0.2) is 8.42 Å². The van der Waals surface area contributed by atoms with Crippen molar-refractivity contribution in [3.05, 3.63) is 23.8 Å². The smallest absolute Gasteiger partial charge is 0.243 e. The average Bonchev–Trinajstić information content (AvgIpc) is 2.67. The van der Waals surface area contributed by atoms with Gasteiger partial charge >= 0.3 is 0 Å². The lowest BCUT2D eigenvalue weighted by Crippen LogP contribution is -2.40. The number of methoxy groups -OCH3 is 1. The maximum absolute atomic E-state index is 12.8. The summed E-state index contributed by atoms with van der Waals surface area (Å²) in [4.78, 5) is 14.2. The van der Waals surface area contributed by atoms with Crippen molar-refractivity contribution in [1.29, 1.82) is 0 Å². The highest BCUT2D eigenvalue weighted by Crippen LogP contribution is 2.26. The fourth-order valence-electron chi connectivity index (χ4n) is 3.02. The van der Waals surface area contributed by atoms with Crippen LogP contribution in [0.25, 0.3) is 0 Å². The van der Waals surface area contributed by atoms with Gasteiger partial charge in [-0.2, -0.15) is 4.31 Å². The van der Waals surface area contributed by atoms with Crippen molar-refractivity contribution >= 4 is 15.9 Å². The third-order valence-electron chi connectivity index (χ3n) is 4.58. The van der Waals surface area contributed by atoms with Crippen molar-refractivity contribution in [3.63, 3.8) is 0 Å². The quantitative estimate of drug-likeness (QED) is 0.679. The van der Waals surface area contributed by atoms with Gasteiger partial charge < -0.3 is 14.4 Å². The van der Waals surface area contributed by atoms with Crippen LogP contribution in [-0.4, -0.2) is 70.0 Å². The third-order valence-corrected chi connectivity index (χ3v) is 6.48. The average molecular weight is 384 g/mol. The van der Waals surface area contributed by atoms with Crippen LogP contribution in [0.4, 0.5) is 0 Å². The van der Waals surface area contributed by atoms with Crippen molar-refractivity contribution in [2.45, 2.75) is 31.6 Å². The van der Waals surface area contributed by atoms with Gasteiger partial charge in [-0.1, -0.05) is 0 Å². The molecule has 0 aliphatic carbocycles. The molecule has 0 unspecified atom stereocenters. The minimum Gasteiger partial charge on any atom is -0.496 e. The molecule has 0 N–H and O–H groups in total. The number of aryl methyl sites for hydroxylation is 1. The van der Waals surface area contributed by atoms with Gasteiger partial charge in [0.05, 0.1) is 25.2 Å². The fourth-order valence-corrected chi connectivity index (χ4v) is 4.48. The molecule has 0 spiro atoms. The Morgan fingerprint density at radius 2 is 1.88 bits per heavy atom. The van der Waals surface area contributed by atoms with E-state index in [0.29, 0.717) is 58.0 Å². The molecule has 26 heavy (non-hydrogen) atoms. The van der Waals surface area contributed by atoms with Crippen molar-refractivity contribution in [2.24, 2.45) is 0 Å². The van der Waals surface area contributed by atoms with E-state index in [1.165, 1.54) is 4.31 Å². The van der Waals surface area contributed by atoms with Crippen molar-refractivity contribution in [1.82, 2.24) is 9.21 Å². The summed E-state index contributed by atoms with van der Waals surface area (Å²) in [5.74, 6) is 0.650. The van der Waals surface area contributed by atoms with E-state index in [0.717, 1.165) is 5.56 Å². The highest BCUT2D eigenvalue weighted by Gasteiger charge is 2.27. The number of benzene rings is 1. The van der Waals surface area contributed by atoms with Crippen molar-refractivity contribution in [2.75, 3.05) is 46.5 Å². The number of nitrogens with zero attached hydrogens (tertiary/aromatic N) is 2. The van der Waals surface area contributed by atoms with Crippen molar-refractivity contribution < 1.29 is 22.7 Å². The summed E-state index contributed by atoms with van der Waals surface area (Å²) in [6.45, 7) is 6.72. The van der Waals surface area contributed by atoms with Crippen LogP contribution in [0.2, 0.25) is 0 Å². The number of morpholine rings is 1. The molecule has 0 bridgehead atoms. The molecule has 1 fully saturated rings. The molecule has 2 rings (SSSR count). The second-order valence-electron chi connectivity index (χ2n) is 6.06. The second kappa shape index (κ2) is 9.34. The summed E-state index contributed by atoms with van der Waals surface area (Å²) < 4.78 is 37.7. The Labute approximate surface area is 155 Å². The van der Waals surface area contributed by atoms with Crippen LogP contribution in [-0.2, 0) is 26.0 Å². The Balaban J connectivity index is 2.21. The molecule has 1 saturated heterocycles. The molecule has 0 aromatic heterocycles. The van der Waals surface area contributed by atoms with Crippen LogP contribution >= 0.6 is 0 Å². The lowest BCUT2D eigenvalue weighted by Gasteiger charge is -2.26. The molecule has 8 heteroatoms. The van der Waals surface area contributed by atoms with E-state index in [9.17, 15) is 13.2 Å². The van der Waals surface area contributed by atoms with Crippen LogP contribution in [0.15, 0.2) is 23.1 Å². The number of hydrogen-bond acceptors (Lipinski definition) is 5. The van der Waals surface area contributed by atoms with Gasteiger partial charge in [-0.3, -0.25) is 4.79 Å². The first-order chi connectivity index (χ1) is 12.4. The van der Waals surface area contributed by atoms with Gasteiger partial charge in [0.1, 0.15) is 5.75 Å². The van der Waals surface area contributed by atoms with Gasteiger partial charge in [-0.15, -0.1) is 0 Å². The maximum atomic E-state index is 12.8. The zero-order valence-electron chi connectivity index (χ0n) is 15.7. The zero-order chi connectivity index (χ0) is 19.2. The van der Waals surface area contributed by atoms with Gasteiger partial charge in [-0.05, 0) is 44.0 Å². The summed E-state index contributed by atoms with van der Waals surface area (Å²) in [5.41, 5.74) is 0.724. The van der Waals surface area contributed by atoms with Crippen LogP contribution in [0.3, 0.4) is 0 Å². The van der Waals surface area contributed by atoms with Crippen LogP contribution in [0, 0.1) is 0 Å². The van der Waals surface area contributed by atoms with E-state index >= 15 is 0 Å². The lowest BCUT2D eigenvalue weighted by atomic mass is 10.1. The standard InChI is InChI=1S/C18H28N2O5S/c1-4-19(5-2)18(21)9-6-15-14-16(7-8-17(15)24-3)26(22,23)20-10-12-25-13-11-20/h7-8,14H,4-6,9-13H2,1-3H3. The Morgan fingerprint density at radius 3 is 2.46 bits per heavy atom. The molecule has 1 aliphatic rings. The van der Waals surface area contributed by atoms with E-state index < -0.39 is 10.0 Å². The predicted molar refractivity (Wildman–Crippen MR) is 98.8 cm³/mol. The van der Waals surface area contributed by atoms with Gasteiger partial charge in [0.15, 0.2) is 0 Å². The van der Waals surface area contributed by atoms with Crippen LogP contribution in [0.5, 0.6) is 5.75 Å². The molecule has 1 amide bonds. The first-order valence-corrected chi connectivity index (χ1v) is 10.4. The molecule has 1 aliphatic heterocycles. The van der Waals surface area contributed by atoms with E-state index in [2.05, 4.69) is 0 Å². The van der Waals surface area contributed by atoms with Crippen molar-refractivity contribution in [3.8, 4) is 5.75 Å². The monoisotopic (exact) mass is 384 g/mol. The Morgan fingerprint density at radius 1 is 1.23 bits per heavy atom. The summed E-state index contributed by atoms with van der Waals surface area (Å²) in [6.07, 6.45) is 0.754. The Bertz CT molecular complexity index is 710. The first kappa shape index (κ1) is 20.7. The summed E-state index contributed by atoms with van der Waals surface area (Å²) in [5, 5.41) is 0.